The third-order valence-corrected chi connectivity index (χ3v) is 7.17. The monoisotopic (exact) mass is 593 g/mol. The van der Waals surface area contributed by atoms with Gasteiger partial charge >= 0.3 is 5.97 Å². The molecular formula is C24H24Cl5N3O2S. The average molecular weight is 596 g/mol. The molecule has 0 radical (unpaired) electrons. The Morgan fingerprint density at radius 1 is 1.09 bits per heavy atom. The molecule has 0 aromatic heterocycles. The van der Waals surface area contributed by atoms with Crippen molar-refractivity contribution in [3.05, 3.63) is 86.1 Å². The van der Waals surface area contributed by atoms with E-state index in [9.17, 15) is 4.79 Å². The Labute approximate surface area is 237 Å². The van der Waals surface area contributed by atoms with Gasteiger partial charge in [-0.1, -0.05) is 53.0 Å². The number of amidine groups is 1. The fraction of sp³-hybridized carbons (Fsp3) is 0.250. The molecule has 0 N–H and O–H groups in total. The number of hydrogen-bond donors (Lipinski definition) is 0. The van der Waals surface area contributed by atoms with E-state index in [2.05, 4.69) is 0 Å². The zero-order chi connectivity index (χ0) is 23.7. The molecule has 1 atom stereocenters. The van der Waals surface area contributed by atoms with Gasteiger partial charge in [0.1, 0.15) is 6.61 Å². The van der Waals surface area contributed by atoms with E-state index in [1.165, 1.54) is 11.8 Å². The number of esters is 1. The summed E-state index contributed by atoms with van der Waals surface area (Å²) < 4.78 is 5.61. The summed E-state index contributed by atoms with van der Waals surface area (Å²) in [6.45, 7) is 2.75. The van der Waals surface area contributed by atoms with Crippen LogP contribution in [0.3, 0.4) is 0 Å². The molecule has 188 valence electrons. The molecule has 0 bridgehead atoms. The normalized spacial score (nSPS) is 16.8. The molecule has 0 amide bonds. The molecule has 0 fully saturated rings. The van der Waals surface area contributed by atoms with E-state index in [0.717, 1.165) is 21.2 Å². The Balaban J connectivity index is 0.00000216. The number of hydrogen-bond acceptors (Lipinski definition) is 6. The minimum atomic E-state index is -0.423. The highest BCUT2D eigenvalue weighted by molar-refractivity contribution is 8.22. The average Bonchev–Trinajstić information content (AvgIpc) is 3.16. The van der Waals surface area contributed by atoms with Crippen LogP contribution in [-0.4, -0.2) is 48.2 Å². The summed E-state index contributed by atoms with van der Waals surface area (Å²) in [5.41, 5.74) is 2.74. The van der Waals surface area contributed by atoms with E-state index in [0.29, 0.717) is 32.9 Å². The van der Waals surface area contributed by atoms with Crippen LogP contribution in [0.25, 0.3) is 4.91 Å². The number of likely N-dealkylation sites (N-methyl/N-ethyl adjacent to an activating group) is 1. The van der Waals surface area contributed by atoms with Crippen molar-refractivity contribution in [3.8, 4) is 0 Å². The van der Waals surface area contributed by atoms with Crippen molar-refractivity contribution in [2.45, 2.75) is 13.0 Å². The molecule has 5 nitrogen and oxygen atoms in total. The van der Waals surface area contributed by atoms with Gasteiger partial charge in [-0.25, -0.2) is 9.79 Å². The highest BCUT2D eigenvalue weighted by Crippen LogP contribution is 2.49. The van der Waals surface area contributed by atoms with Crippen LogP contribution in [0.15, 0.2) is 64.9 Å². The molecule has 11 heteroatoms. The van der Waals surface area contributed by atoms with Crippen molar-refractivity contribution in [1.29, 1.82) is 0 Å². The van der Waals surface area contributed by atoms with Crippen molar-refractivity contribution in [2.24, 2.45) is 4.99 Å². The topological polar surface area (TPSA) is 45.1 Å². The molecule has 0 saturated carbocycles. The molecule has 2 heterocycles. The number of carbonyl (C=O) groups excluding carboxylic acids is 1. The zero-order valence-corrected chi connectivity index (χ0v) is 23.8. The van der Waals surface area contributed by atoms with Crippen LogP contribution >= 0.6 is 71.4 Å². The summed E-state index contributed by atoms with van der Waals surface area (Å²) in [4.78, 5) is 22.7. The first-order valence-electron chi connectivity index (χ1n) is 10.3. The number of benzene rings is 2. The number of halogens is 5. The molecule has 0 spiro atoms. The maximum absolute atomic E-state index is 13.2. The van der Waals surface area contributed by atoms with E-state index in [1.54, 1.807) is 12.1 Å². The molecule has 2 aromatic rings. The molecule has 35 heavy (non-hydrogen) atoms. The second-order valence-electron chi connectivity index (χ2n) is 7.89. The molecule has 0 saturated heterocycles. The molecule has 1 unspecified atom stereocenters. The highest BCUT2D eigenvalue weighted by Gasteiger charge is 2.40. The van der Waals surface area contributed by atoms with Crippen molar-refractivity contribution in [3.63, 3.8) is 0 Å². The molecule has 2 aliphatic rings. The third kappa shape index (κ3) is 6.50. The Morgan fingerprint density at radius 2 is 1.71 bits per heavy atom. The minimum Gasteiger partial charge on any atom is -0.461 e. The zero-order valence-electron chi connectivity index (χ0n) is 19.1. The minimum absolute atomic E-state index is 0. The summed E-state index contributed by atoms with van der Waals surface area (Å²) >= 11 is 20.5. The SMILES string of the molecule is CC1=C(C(=O)OCCN(C)C)C(c2ccc(Cl)cc2)N2C=C(c3c(Cl)cccc3Cl)SC2=N1.Cl.Cl. The van der Waals surface area contributed by atoms with Crippen LogP contribution < -0.4 is 0 Å². The lowest BCUT2D eigenvalue weighted by Gasteiger charge is -2.33. The highest BCUT2D eigenvalue weighted by atomic mass is 35.5. The van der Waals surface area contributed by atoms with Gasteiger partial charge in [-0.15, -0.1) is 24.8 Å². The number of fused-ring (bicyclic) bond motifs is 1. The summed E-state index contributed by atoms with van der Waals surface area (Å²) in [5, 5.41) is 2.47. The summed E-state index contributed by atoms with van der Waals surface area (Å²) in [5.74, 6) is -0.389. The number of carbonyl (C=O) groups is 1. The predicted octanol–water partition coefficient (Wildman–Crippen LogP) is 7.33. The first kappa shape index (κ1) is 29.8. The van der Waals surface area contributed by atoms with Crippen molar-refractivity contribution < 1.29 is 9.53 Å². The van der Waals surface area contributed by atoms with Gasteiger partial charge in [0.2, 0.25) is 0 Å². The van der Waals surface area contributed by atoms with Crippen LogP contribution in [0.4, 0.5) is 0 Å². The van der Waals surface area contributed by atoms with Gasteiger partial charge in [-0.05, 0) is 62.6 Å². The predicted molar refractivity (Wildman–Crippen MR) is 152 cm³/mol. The first-order valence-corrected chi connectivity index (χ1v) is 12.2. The van der Waals surface area contributed by atoms with Crippen LogP contribution in [0.2, 0.25) is 15.1 Å². The van der Waals surface area contributed by atoms with Gasteiger partial charge in [-0.3, -0.25) is 0 Å². The largest absolute Gasteiger partial charge is 0.461 e. The lowest BCUT2D eigenvalue weighted by molar-refractivity contribution is -0.140. The quantitative estimate of drug-likeness (QED) is 0.327. The van der Waals surface area contributed by atoms with Gasteiger partial charge < -0.3 is 14.5 Å². The fourth-order valence-electron chi connectivity index (χ4n) is 3.64. The fourth-order valence-corrected chi connectivity index (χ4v) is 5.61. The van der Waals surface area contributed by atoms with E-state index in [1.807, 2.05) is 67.4 Å². The van der Waals surface area contributed by atoms with E-state index in [-0.39, 0.29) is 37.4 Å². The summed E-state index contributed by atoms with van der Waals surface area (Å²) in [7, 11) is 3.86. The van der Waals surface area contributed by atoms with E-state index in [4.69, 9.17) is 44.5 Å². The third-order valence-electron chi connectivity index (χ3n) is 5.27. The number of thioether (sulfide) groups is 1. The number of nitrogens with zero attached hydrogens (tertiary/aromatic N) is 3. The van der Waals surface area contributed by atoms with Crippen molar-refractivity contribution in [2.75, 3.05) is 27.2 Å². The lowest BCUT2D eigenvalue weighted by atomic mass is 9.95. The van der Waals surface area contributed by atoms with E-state index < -0.39 is 6.04 Å². The molecule has 0 aliphatic carbocycles. The number of aliphatic imine (C=N–C) groups is 1. The number of allylic oxidation sites excluding steroid dienone is 1. The van der Waals surface area contributed by atoms with Crippen LogP contribution in [0.1, 0.15) is 24.1 Å². The molecule has 2 aliphatic heterocycles. The molecule has 4 rings (SSSR count). The van der Waals surface area contributed by atoms with Gasteiger partial charge in [0.15, 0.2) is 5.17 Å². The van der Waals surface area contributed by atoms with E-state index >= 15 is 0 Å². The van der Waals surface area contributed by atoms with Crippen molar-refractivity contribution >= 4 is 87.4 Å². The Kier molecular flexibility index (Phi) is 10.9. The molecular weight excluding hydrogens is 572 g/mol. The van der Waals surface area contributed by atoms with Gasteiger partial charge in [0.05, 0.1) is 27.4 Å². The number of ether oxygens (including phenoxy) is 1. The first-order chi connectivity index (χ1) is 15.8. The lowest BCUT2D eigenvalue weighted by Crippen LogP contribution is -2.34. The summed E-state index contributed by atoms with van der Waals surface area (Å²) in [6, 6.07) is 12.4. The second kappa shape index (κ2) is 12.7. The Bertz CT molecular complexity index is 1160. The van der Waals surface area contributed by atoms with Gasteiger partial charge in [0.25, 0.3) is 0 Å². The second-order valence-corrected chi connectivity index (χ2v) is 10.1. The summed E-state index contributed by atoms with van der Waals surface area (Å²) in [6.07, 6.45) is 1.94. The number of rotatable bonds is 6. The van der Waals surface area contributed by atoms with Crippen LogP contribution in [-0.2, 0) is 9.53 Å². The maximum Gasteiger partial charge on any atom is 0.338 e. The van der Waals surface area contributed by atoms with Crippen LogP contribution in [0.5, 0.6) is 0 Å². The van der Waals surface area contributed by atoms with Crippen molar-refractivity contribution in [1.82, 2.24) is 9.80 Å². The van der Waals surface area contributed by atoms with Gasteiger partial charge in [-0.2, -0.15) is 0 Å². The maximum atomic E-state index is 13.2. The Hall–Kier alpha value is -1.38. The van der Waals surface area contributed by atoms with Gasteiger partial charge in [0, 0.05) is 28.2 Å². The Morgan fingerprint density at radius 3 is 2.31 bits per heavy atom. The van der Waals surface area contributed by atoms with Crippen LogP contribution in [0, 0.1) is 0 Å². The molecule has 2 aromatic carbocycles. The smallest absolute Gasteiger partial charge is 0.338 e. The standard InChI is InChI=1S/C24H22Cl3N3O2S.2ClH/c1-14-20(23(31)32-12-11-29(2)3)22(15-7-9-16(25)10-8-15)30-13-19(33-24(30)28-14)21-17(26)5-4-6-18(21)27;;/h4-10,13,22H,11-12H2,1-3H3;2*1H.